The van der Waals surface area contributed by atoms with Crippen molar-refractivity contribution < 1.29 is 39.2 Å². The van der Waals surface area contributed by atoms with Gasteiger partial charge in [0.25, 0.3) is 0 Å². The molecule has 1 heterocycles. The van der Waals surface area contributed by atoms with Crippen LogP contribution in [0.1, 0.15) is 33.6 Å². The standard InChI is InChI=1S/C10H21N3O.C8H12O7/c1-4-12(5-2)10(14)13-8-6-11(3)7-9-13;1-2-15-6(11)4-8(14,7(12)13)3-5(9)10/h4-9H2,1-3H3;14H,2-4H2,1H3,(H,9,10)(H,12,13). The fourth-order valence-corrected chi connectivity index (χ4v) is 2.61. The molecule has 0 aromatic heterocycles. The average molecular weight is 419 g/mol. The van der Waals surface area contributed by atoms with Gasteiger partial charge in [-0.25, -0.2) is 9.59 Å². The van der Waals surface area contributed by atoms with Crippen molar-refractivity contribution in [3.63, 3.8) is 0 Å². The topological polar surface area (TPSA) is 148 Å². The minimum absolute atomic E-state index is 0.0294. The Bertz CT molecular complexity index is 559. The number of ether oxygens (including phenoxy) is 1. The Hall–Kier alpha value is -2.40. The Morgan fingerprint density at radius 3 is 1.86 bits per heavy atom. The second-order valence-electron chi connectivity index (χ2n) is 6.63. The highest BCUT2D eigenvalue weighted by atomic mass is 16.5. The average Bonchev–Trinajstić information content (AvgIpc) is 2.63. The van der Waals surface area contributed by atoms with Crippen LogP contribution in [0.15, 0.2) is 0 Å². The third-order valence-electron chi connectivity index (χ3n) is 4.39. The highest BCUT2D eigenvalue weighted by Gasteiger charge is 2.41. The second kappa shape index (κ2) is 12.9. The molecule has 0 bridgehead atoms. The Morgan fingerprint density at radius 2 is 1.48 bits per heavy atom. The lowest BCUT2D eigenvalue weighted by molar-refractivity contribution is -0.171. The van der Waals surface area contributed by atoms with E-state index in [9.17, 15) is 24.3 Å². The number of carboxylic acid groups (broad SMARTS) is 2. The molecule has 0 saturated carbocycles. The number of esters is 1. The van der Waals surface area contributed by atoms with Crippen LogP contribution in [0.4, 0.5) is 4.79 Å². The van der Waals surface area contributed by atoms with Gasteiger partial charge in [0.15, 0.2) is 5.60 Å². The molecule has 1 aliphatic heterocycles. The number of amides is 2. The maximum atomic E-state index is 11.9. The molecule has 1 aliphatic rings. The van der Waals surface area contributed by atoms with Gasteiger partial charge in [0.1, 0.15) is 0 Å². The molecule has 1 saturated heterocycles. The summed E-state index contributed by atoms with van der Waals surface area (Å²) in [7, 11) is 2.10. The fourth-order valence-electron chi connectivity index (χ4n) is 2.61. The molecule has 11 heteroatoms. The van der Waals surface area contributed by atoms with Crippen molar-refractivity contribution >= 4 is 23.9 Å². The van der Waals surface area contributed by atoms with Crippen molar-refractivity contribution in [2.24, 2.45) is 0 Å². The lowest BCUT2D eigenvalue weighted by Gasteiger charge is -2.35. The lowest BCUT2D eigenvalue weighted by atomic mass is 9.96. The molecule has 0 aromatic carbocycles. The molecular weight excluding hydrogens is 386 g/mol. The number of rotatable bonds is 8. The first-order valence-corrected chi connectivity index (χ1v) is 9.56. The lowest BCUT2D eigenvalue weighted by Crippen LogP contribution is -2.51. The molecule has 0 aromatic rings. The summed E-state index contributed by atoms with van der Waals surface area (Å²) in [5.41, 5.74) is -2.61. The maximum absolute atomic E-state index is 11.9. The van der Waals surface area contributed by atoms with E-state index in [-0.39, 0.29) is 12.6 Å². The van der Waals surface area contributed by atoms with Crippen molar-refractivity contribution in [2.75, 3.05) is 52.9 Å². The Balaban J connectivity index is 0.000000541. The molecule has 3 N–H and O–H groups in total. The number of aliphatic hydroxyl groups is 1. The van der Waals surface area contributed by atoms with Gasteiger partial charge in [-0.2, -0.15) is 0 Å². The third-order valence-corrected chi connectivity index (χ3v) is 4.39. The molecule has 29 heavy (non-hydrogen) atoms. The molecule has 1 atom stereocenters. The van der Waals surface area contributed by atoms with Gasteiger partial charge >= 0.3 is 23.9 Å². The summed E-state index contributed by atoms with van der Waals surface area (Å²) < 4.78 is 4.41. The van der Waals surface area contributed by atoms with E-state index >= 15 is 0 Å². The highest BCUT2D eigenvalue weighted by molar-refractivity contribution is 5.88. The minimum Gasteiger partial charge on any atom is -0.481 e. The number of carbonyl (C=O) groups excluding carboxylic acids is 2. The van der Waals surface area contributed by atoms with Crippen LogP contribution in [0.3, 0.4) is 0 Å². The van der Waals surface area contributed by atoms with E-state index < -0.39 is 36.4 Å². The van der Waals surface area contributed by atoms with E-state index in [2.05, 4.69) is 16.7 Å². The summed E-state index contributed by atoms with van der Waals surface area (Å²) in [5.74, 6) is -4.23. The van der Waals surface area contributed by atoms with Crippen LogP contribution in [-0.2, 0) is 19.1 Å². The molecule has 168 valence electrons. The summed E-state index contributed by atoms with van der Waals surface area (Å²) in [4.78, 5) is 49.8. The van der Waals surface area contributed by atoms with Gasteiger partial charge in [0, 0.05) is 39.3 Å². The van der Waals surface area contributed by atoms with Crippen molar-refractivity contribution in [1.29, 1.82) is 0 Å². The number of nitrogens with zero attached hydrogens (tertiary/aromatic N) is 3. The molecule has 0 aliphatic carbocycles. The predicted molar refractivity (Wildman–Crippen MR) is 103 cm³/mol. The Kier molecular flexibility index (Phi) is 11.9. The van der Waals surface area contributed by atoms with Crippen LogP contribution in [0.5, 0.6) is 0 Å². The fraction of sp³-hybridized carbons (Fsp3) is 0.778. The molecule has 1 rings (SSSR count). The van der Waals surface area contributed by atoms with Crippen molar-refractivity contribution in [3.05, 3.63) is 0 Å². The van der Waals surface area contributed by atoms with E-state index in [1.807, 2.05) is 23.6 Å². The van der Waals surface area contributed by atoms with E-state index in [0.29, 0.717) is 0 Å². The van der Waals surface area contributed by atoms with Gasteiger partial charge < -0.3 is 34.8 Å². The summed E-state index contributed by atoms with van der Waals surface area (Å²) in [6.07, 6.45) is -1.94. The van der Waals surface area contributed by atoms with Gasteiger partial charge in [-0.3, -0.25) is 9.59 Å². The first-order valence-electron chi connectivity index (χ1n) is 9.56. The number of carbonyl (C=O) groups is 4. The molecule has 2 amide bonds. The molecule has 0 radical (unpaired) electrons. The van der Waals surface area contributed by atoms with Crippen LogP contribution in [0, 0.1) is 0 Å². The monoisotopic (exact) mass is 419 g/mol. The van der Waals surface area contributed by atoms with Crippen LogP contribution < -0.4 is 0 Å². The van der Waals surface area contributed by atoms with Gasteiger partial charge in [0.05, 0.1) is 19.4 Å². The van der Waals surface area contributed by atoms with E-state index in [1.165, 1.54) is 6.92 Å². The highest BCUT2D eigenvalue weighted by Crippen LogP contribution is 2.16. The Morgan fingerprint density at radius 1 is 0.966 bits per heavy atom. The maximum Gasteiger partial charge on any atom is 0.336 e. The van der Waals surface area contributed by atoms with Crippen molar-refractivity contribution in [3.8, 4) is 0 Å². The summed E-state index contributed by atoms with van der Waals surface area (Å²) in [6.45, 7) is 10.9. The zero-order chi connectivity index (χ0) is 22.6. The number of aliphatic carboxylic acids is 2. The van der Waals surface area contributed by atoms with Gasteiger partial charge in [-0.15, -0.1) is 0 Å². The number of likely N-dealkylation sites (N-methyl/N-ethyl adjacent to an activating group) is 1. The van der Waals surface area contributed by atoms with Crippen LogP contribution >= 0.6 is 0 Å². The normalized spacial score (nSPS) is 16.1. The molecule has 1 unspecified atom stereocenters. The number of carboxylic acids is 2. The number of urea groups is 1. The molecule has 0 spiro atoms. The molecule has 1 fully saturated rings. The Labute approximate surface area is 170 Å². The van der Waals surface area contributed by atoms with Crippen molar-refractivity contribution in [2.45, 2.75) is 39.2 Å². The van der Waals surface area contributed by atoms with Crippen LogP contribution in [0.2, 0.25) is 0 Å². The first-order chi connectivity index (χ1) is 13.5. The summed E-state index contributed by atoms with van der Waals surface area (Å²) in [5, 5.41) is 26.3. The van der Waals surface area contributed by atoms with E-state index in [4.69, 9.17) is 10.2 Å². The van der Waals surface area contributed by atoms with Crippen LogP contribution in [-0.4, -0.2) is 112 Å². The first kappa shape index (κ1) is 26.6. The summed E-state index contributed by atoms with van der Waals surface area (Å²) >= 11 is 0. The van der Waals surface area contributed by atoms with E-state index in [1.54, 1.807) is 0 Å². The van der Waals surface area contributed by atoms with E-state index in [0.717, 1.165) is 39.3 Å². The predicted octanol–water partition coefficient (Wildman–Crippen LogP) is -0.0744. The second-order valence-corrected chi connectivity index (χ2v) is 6.63. The smallest absolute Gasteiger partial charge is 0.336 e. The van der Waals surface area contributed by atoms with Gasteiger partial charge in [-0.05, 0) is 27.8 Å². The quantitative estimate of drug-likeness (QED) is 0.460. The molecular formula is C18H33N3O8. The van der Waals surface area contributed by atoms with Gasteiger partial charge in [0.2, 0.25) is 0 Å². The number of hydrogen-bond acceptors (Lipinski definition) is 7. The van der Waals surface area contributed by atoms with Gasteiger partial charge in [-0.1, -0.05) is 0 Å². The minimum atomic E-state index is -2.61. The number of piperazine rings is 1. The zero-order valence-corrected chi connectivity index (χ0v) is 17.6. The third kappa shape index (κ3) is 9.57. The van der Waals surface area contributed by atoms with Crippen LogP contribution in [0.25, 0.3) is 0 Å². The largest absolute Gasteiger partial charge is 0.481 e. The number of hydrogen-bond donors (Lipinski definition) is 3. The SMILES string of the molecule is CCN(CC)C(=O)N1CCN(C)CC1.CCOC(=O)CC(O)(CC(=O)O)C(=O)O. The summed E-state index contributed by atoms with van der Waals surface area (Å²) in [6, 6.07) is 0.197. The zero-order valence-electron chi connectivity index (χ0n) is 17.6. The molecule has 11 nitrogen and oxygen atoms in total. The van der Waals surface area contributed by atoms with Crippen molar-refractivity contribution in [1.82, 2.24) is 14.7 Å².